The minimum absolute atomic E-state index is 0.900. The summed E-state index contributed by atoms with van der Waals surface area (Å²) < 4.78 is 2.07. The average molecular weight is 323 g/mol. The molecule has 0 unspecified atom stereocenters. The molecule has 0 atom stereocenters. The molecule has 1 aromatic heterocycles. The molecule has 0 radical (unpaired) electrons. The highest BCUT2D eigenvalue weighted by molar-refractivity contribution is 7.98. The van der Waals surface area contributed by atoms with Crippen molar-refractivity contribution in [3.63, 3.8) is 0 Å². The van der Waals surface area contributed by atoms with Gasteiger partial charge in [0.15, 0.2) is 5.16 Å². The molecule has 1 heterocycles. The predicted molar refractivity (Wildman–Crippen MR) is 96.3 cm³/mol. The quantitative estimate of drug-likeness (QED) is 0.647. The third-order valence-corrected chi connectivity index (χ3v) is 4.98. The summed E-state index contributed by atoms with van der Waals surface area (Å²) in [6.45, 7) is 8.52. The van der Waals surface area contributed by atoms with Crippen molar-refractivity contribution in [1.82, 2.24) is 14.8 Å². The van der Waals surface area contributed by atoms with Crippen molar-refractivity contribution < 1.29 is 0 Å². The molecule has 2 aromatic carbocycles. The van der Waals surface area contributed by atoms with Gasteiger partial charge < -0.3 is 0 Å². The molecule has 0 saturated heterocycles. The van der Waals surface area contributed by atoms with E-state index < -0.39 is 0 Å². The predicted octanol–water partition coefficient (Wildman–Crippen LogP) is 4.79. The third-order valence-electron chi connectivity index (χ3n) is 3.99. The molecule has 118 valence electrons. The van der Waals surface area contributed by atoms with Crippen LogP contribution in [0.4, 0.5) is 0 Å². The van der Waals surface area contributed by atoms with Gasteiger partial charge in [0, 0.05) is 5.75 Å². The first-order valence-electron chi connectivity index (χ1n) is 7.71. The maximum absolute atomic E-state index is 4.30. The van der Waals surface area contributed by atoms with Crippen molar-refractivity contribution in [2.45, 2.75) is 38.6 Å². The standard InChI is InChI=1S/C19H21N3S/c1-13-6-8-18(16(4)9-13)22-12-20-21-19(22)23-11-17-10-14(2)5-7-15(17)3/h5-10,12H,11H2,1-4H3. The molecule has 0 fully saturated rings. The van der Waals surface area contributed by atoms with E-state index in [9.17, 15) is 0 Å². The van der Waals surface area contributed by atoms with Gasteiger partial charge in [0.1, 0.15) is 6.33 Å². The summed E-state index contributed by atoms with van der Waals surface area (Å²) in [6.07, 6.45) is 1.79. The molecule has 0 saturated carbocycles. The first-order chi connectivity index (χ1) is 11.0. The van der Waals surface area contributed by atoms with Crippen molar-refractivity contribution >= 4 is 11.8 Å². The number of aryl methyl sites for hydroxylation is 4. The fourth-order valence-corrected chi connectivity index (χ4v) is 3.65. The van der Waals surface area contributed by atoms with E-state index in [1.807, 2.05) is 0 Å². The Hall–Kier alpha value is -2.07. The Balaban J connectivity index is 1.85. The molecule has 23 heavy (non-hydrogen) atoms. The van der Waals surface area contributed by atoms with Gasteiger partial charge in [0.05, 0.1) is 5.69 Å². The number of aromatic nitrogens is 3. The lowest BCUT2D eigenvalue weighted by molar-refractivity contribution is 0.877. The zero-order chi connectivity index (χ0) is 16.4. The normalized spacial score (nSPS) is 11.0. The van der Waals surface area contributed by atoms with Crippen LogP contribution < -0.4 is 0 Å². The topological polar surface area (TPSA) is 30.7 Å². The summed E-state index contributed by atoms with van der Waals surface area (Å²) in [5, 5.41) is 9.33. The van der Waals surface area contributed by atoms with Crippen LogP contribution in [-0.2, 0) is 5.75 Å². The number of hydrogen-bond acceptors (Lipinski definition) is 3. The van der Waals surface area contributed by atoms with Gasteiger partial charge in [-0.05, 0) is 50.5 Å². The molecule has 3 rings (SSSR count). The number of nitrogens with zero attached hydrogens (tertiary/aromatic N) is 3. The van der Waals surface area contributed by atoms with Crippen LogP contribution in [0.1, 0.15) is 27.8 Å². The van der Waals surface area contributed by atoms with Gasteiger partial charge in [-0.15, -0.1) is 10.2 Å². The maximum Gasteiger partial charge on any atom is 0.195 e. The molecule has 4 heteroatoms. The number of benzene rings is 2. The van der Waals surface area contributed by atoms with Crippen LogP contribution in [0.2, 0.25) is 0 Å². The van der Waals surface area contributed by atoms with Crippen molar-refractivity contribution in [2.75, 3.05) is 0 Å². The molecule has 0 bridgehead atoms. The van der Waals surface area contributed by atoms with Crippen LogP contribution in [0.15, 0.2) is 47.9 Å². The summed E-state index contributed by atoms with van der Waals surface area (Å²) in [5.41, 5.74) is 7.61. The van der Waals surface area contributed by atoms with E-state index in [1.54, 1.807) is 18.1 Å². The molecular weight excluding hydrogens is 302 g/mol. The van der Waals surface area contributed by atoms with Crippen LogP contribution in [0.25, 0.3) is 5.69 Å². The van der Waals surface area contributed by atoms with Crippen LogP contribution >= 0.6 is 11.8 Å². The van der Waals surface area contributed by atoms with E-state index >= 15 is 0 Å². The fraction of sp³-hybridized carbons (Fsp3) is 0.263. The molecule has 0 amide bonds. The molecular formula is C19H21N3S. The molecule has 0 spiro atoms. The SMILES string of the molecule is Cc1ccc(-n2cnnc2SCc2cc(C)ccc2C)c(C)c1. The molecule has 3 nitrogen and oxygen atoms in total. The lowest BCUT2D eigenvalue weighted by atomic mass is 10.1. The van der Waals surface area contributed by atoms with Crippen molar-refractivity contribution in [1.29, 1.82) is 0 Å². The Kier molecular flexibility index (Phi) is 4.53. The Labute approximate surface area is 141 Å². The van der Waals surface area contributed by atoms with Gasteiger partial charge in [-0.1, -0.05) is 53.2 Å². The molecule has 0 N–H and O–H groups in total. The lowest BCUT2D eigenvalue weighted by Gasteiger charge is -2.11. The second-order valence-corrected chi connectivity index (χ2v) is 6.93. The summed E-state index contributed by atoms with van der Waals surface area (Å²) >= 11 is 1.73. The minimum Gasteiger partial charge on any atom is -0.276 e. The van der Waals surface area contributed by atoms with E-state index in [0.29, 0.717) is 0 Å². The van der Waals surface area contributed by atoms with E-state index in [0.717, 1.165) is 16.6 Å². The molecule has 0 aliphatic carbocycles. The van der Waals surface area contributed by atoms with Gasteiger partial charge in [-0.3, -0.25) is 4.57 Å². The Morgan fingerprint density at radius 2 is 1.65 bits per heavy atom. The largest absolute Gasteiger partial charge is 0.276 e. The number of thioether (sulfide) groups is 1. The van der Waals surface area contributed by atoms with Gasteiger partial charge in [-0.2, -0.15) is 0 Å². The second kappa shape index (κ2) is 6.59. The lowest BCUT2D eigenvalue weighted by Crippen LogP contribution is -1.99. The third kappa shape index (κ3) is 3.48. The van der Waals surface area contributed by atoms with Gasteiger partial charge in [-0.25, -0.2) is 0 Å². The minimum atomic E-state index is 0.900. The Bertz CT molecular complexity index is 836. The van der Waals surface area contributed by atoms with Crippen LogP contribution in [0, 0.1) is 27.7 Å². The maximum atomic E-state index is 4.30. The first-order valence-corrected chi connectivity index (χ1v) is 8.70. The molecule has 0 aliphatic heterocycles. The second-order valence-electron chi connectivity index (χ2n) is 5.99. The summed E-state index contributed by atoms with van der Waals surface area (Å²) in [7, 11) is 0. The van der Waals surface area contributed by atoms with E-state index in [-0.39, 0.29) is 0 Å². The Morgan fingerprint density at radius 3 is 2.43 bits per heavy atom. The first kappa shape index (κ1) is 15.8. The fourth-order valence-electron chi connectivity index (χ4n) is 2.66. The highest BCUT2D eigenvalue weighted by Gasteiger charge is 2.10. The Morgan fingerprint density at radius 1 is 0.913 bits per heavy atom. The van der Waals surface area contributed by atoms with Gasteiger partial charge in [0.25, 0.3) is 0 Å². The summed E-state index contributed by atoms with van der Waals surface area (Å²) in [5.74, 6) is 0.900. The van der Waals surface area contributed by atoms with Crippen LogP contribution in [0.5, 0.6) is 0 Å². The van der Waals surface area contributed by atoms with Gasteiger partial charge >= 0.3 is 0 Å². The van der Waals surface area contributed by atoms with Crippen LogP contribution in [-0.4, -0.2) is 14.8 Å². The zero-order valence-electron chi connectivity index (χ0n) is 14.0. The van der Waals surface area contributed by atoms with Crippen molar-refractivity contribution in [3.05, 3.63) is 70.5 Å². The smallest absolute Gasteiger partial charge is 0.195 e. The monoisotopic (exact) mass is 323 g/mol. The van der Waals surface area contributed by atoms with Crippen molar-refractivity contribution in [3.8, 4) is 5.69 Å². The van der Waals surface area contributed by atoms with Crippen LogP contribution in [0.3, 0.4) is 0 Å². The zero-order valence-corrected chi connectivity index (χ0v) is 14.8. The highest BCUT2D eigenvalue weighted by atomic mass is 32.2. The summed E-state index contributed by atoms with van der Waals surface area (Å²) in [6, 6.07) is 13.0. The number of rotatable bonds is 4. The summed E-state index contributed by atoms with van der Waals surface area (Å²) in [4.78, 5) is 0. The van der Waals surface area contributed by atoms with E-state index in [1.165, 1.54) is 27.8 Å². The van der Waals surface area contributed by atoms with Gasteiger partial charge in [0.2, 0.25) is 0 Å². The molecule has 0 aliphatic rings. The highest BCUT2D eigenvalue weighted by Crippen LogP contribution is 2.26. The van der Waals surface area contributed by atoms with Crippen molar-refractivity contribution in [2.24, 2.45) is 0 Å². The van der Waals surface area contributed by atoms with E-state index in [2.05, 4.69) is 78.9 Å². The number of hydrogen-bond donors (Lipinski definition) is 0. The molecule has 3 aromatic rings. The average Bonchev–Trinajstić information content (AvgIpc) is 2.96. The van der Waals surface area contributed by atoms with E-state index in [4.69, 9.17) is 0 Å².